The molecule has 0 amide bonds. The number of aliphatic hydroxyl groups is 2. The smallest absolute Gasteiger partial charge is 0.164 e. The minimum Gasteiger partial charge on any atom is -0.390 e. The van der Waals surface area contributed by atoms with Crippen molar-refractivity contribution < 1.29 is 19.7 Å². The van der Waals surface area contributed by atoms with E-state index in [1.54, 1.807) is 0 Å². The van der Waals surface area contributed by atoms with Crippen LogP contribution in [0, 0.1) is 11.8 Å². The van der Waals surface area contributed by atoms with Crippen molar-refractivity contribution in [3.05, 3.63) is 0 Å². The van der Waals surface area contributed by atoms with Gasteiger partial charge < -0.3 is 19.7 Å². The molecule has 2 saturated heterocycles. The third kappa shape index (κ3) is 0.561. The van der Waals surface area contributed by atoms with Gasteiger partial charge in [-0.25, -0.2) is 0 Å². The van der Waals surface area contributed by atoms with E-state index in [2.05, 4.69) is 0 Å². The summed E-state index contributed by atoms with van der Waals surface area (Å²) in [6, 6.07) is 0. The van der Waals surface area contributed by atoms with Gasteiger partial charge >= 0.3 is 0 Å². The van der Waals surface area contributed by atoms with Crippen LogP contribution in [0.25, 0.3) is 0 Å². The average molecular weight is 158 g/mol. The molecule has 6 unspecified atom stereocenters. The van der Waals surface area contributed by atoms with Gasteiger partial charge in [-0.15, -0.1) is 0 Å². The van der Waals surface area contributed by atoms with Crippen LogP contribution < -0.4 is 0 Å². The quantitative estimate of drug-likeness (QED) is 0.460. The molecule has 0 aromatic heterocycles. The van der Waals surface area contributed by atoms with Gasteiger partial charge in [0.25, 0.3) is 0 Å². The molecule has 0 aromatic rings. The second-order valence-corrected chi connectivity index (χ2v) is 3.51. The number of fused-ring (bicyclic) bond motifs is 5. The number of aliphatic hydroxyl groups excluding tert-OH is 2. The molecular weight excluding hydrogens is 148 g/mol. The lowest BCUT2D eigenvalue weighted by Gasteiger charge is -2.46. The molecule has 1 saturated carbocycles. The summed E-state index contributed by atoms with van der Waals surface area (Å²) in [6.07, 6.45) is -1.43. The van der Waals surface area contributed by atoms with Crippen LogP contribution in [0.3, 0.4) is 0 Å². The highest BCUT2D eigenvalue weighted by Gasteiger charge is 2.65. The van der Waals surface area contributed by atoms with Gasteiger partial charge in [0.15, 0.2) is 6.29 Å². The van der Waals surface area contributed by atoms with Crippen molar-refractivity contribution in [2.45, 2.75) is 24.6 Å². The fraction of sp³-hybridized carbons (Fsp3) is 1.00. The summed E-state index contributed by atoms with van der Waals surface area (Å²) in [5, 5.41) is 18.6. The molecule has 11 heavy (non-hydrogen) atoms. The van der Waals surface area contributed by atoms with Crippen molar-refractivity contribution in [2.24, 2.45) is 11.8 Å². The van der Waals surface area contributed by atoms with Crippen molar-refractivity contribution >= 4 is 0 Å². The van der Waals surface area contributed by atoms with Gasteiger partial charge in [0.05, 0.1) is 24.9 Å². The summed E-state index contributed by atoms with van der Waals surface area (Å²) >= 11 is 0. The highest BCUT2D eigenvalue weighted by molar-refractivity contribution is 5.08. The van der Waals surface area contributed by atoms with Crippen molar-refractivity contribution in [1.29, 1.82) is 0 Å². The molecule has 0 radical (unpaired) electrons. The summed E-state index contributed by atoms with van der Waals surface area (Å²) in [5.74, 6) is 0.160. The monoisotopic (exact) mass is 158 g/mol. The maximum atomic E-state index is 9.32. The molecule has 2 bridgehead atoms. The summed E-state index contributed by atoms with van der Waals surface area (Å²) in [6.45, 7) is 0.579. The van der Waals surface area contributed by atoms with Gasteiger partial charge in [0.2, 0.25) is 0 Å². The van der Waals surface area contributed by atoms with E-state index in [9.17, 15) is 10.2 Å². The summed E-state index contributed by atoms with van der Waals surface area (Å²) in [5.41, 5.74) is 0. The first-order chi connectivity index (χ1) is 5.29. The predicted octanol–water partition coefficient (Wildman–Crippen LogP) is -1.29. The first-order valence-corrected chi connectivity index (χ1v) is 3.92. The molecule has 1 aliphatic carbocycles. The first-order valence-electron chi connectivity index (χ1n) is 3.92. The Kier molecular flexibility index (Phi) is 1.02. The lowest BCUT2D eigenvalue weighted by Crippen LogP contribution is -2.61. The Morgan fingerprint density at radius 1 is 1.09 bits per heavy atom. The molecule has 0 aromatic carbocycles. The van der Waals surface area contributed by atoms with Crippen LogP contribution in [0.2, 0.25) is 0 Å². The molecule has 4 nitrogen and oxygen atoms in total. The van der Waals surface area contributed by atoms with Crippen LogP contribution in [0.4, 0.5) is 0 Å². The summed E-state index contributed by atoms with van der Waals surface area (Å²) in [7, 11) is 0. The third-order valence-corrected chi connectivity index (χ3v) is 3.06. The fourth-order valence-corrected chi connectivity index (χ4v) is 2.42. The van der Waals surface area contributed by atoms with E-state index >= 15 is 0 Å². The van der Waals surface area contributed by atoms with E-state index in [1.165, 1.54) is 0 Å². The normalized spacial score (nSPS) is 66.0. The largest absolute Gasteiger partial charge is 0.390 e. The molecule has 4 heteroatoms. The van der Waals surface area contributed by atoms with E-state index < -0.39 is 12.2 Å². The average Bonchev–Trinajstić information content (AvgIpc) is 2.58. The topological polar surface area (TPSA) is 58.9 Å². The second-order valence-electron chi connectivity index (χ2n) is 3.51. The van der Waals surface area contributed by atoms with Gasteiger partial charge in [-0.05, 0) is 0 Å². The van der Waals surface area contributed by atoms with Gasteiger partial charge in [-0.3, -0.25) is 0 Å². The Morgan fingerprint density at radius 2 is 1.82 bits per heavy atom. The number of hydrogen-bond donors (Lipinski definition) is 2. The van der Waals surface area contributed by atoms with Crippen LogP contribution in [0.1, 0.15) is 0 Å². The third-order valence-electron chi connectivity index (χ3n) is 3.06. The molecule has 2 N–H and O–H groups in total. The predicted molar refractivity (Wildman–Crippen MR) is 33.6 cm³/mol. The van der Waals surface area contributed by atoms with Crippen molar-refractivity contribution in [2.75, 3.05) is 6.61 Å². The van der Waals surface area contributed by atoms with E-state index in [4.69, 9.17) is 9.47 Å². The van der Waals surface area contributed by atoms with Crippen LogP contribution in [-0.2, 0) is 9.47 Å². The molecule has 3 fully saturated rings. The van der Waals surface area contributed by atoms with Crippen molar-refractivity contribution in [3.63, 3.8) is 0 Å². The van der Waals surface area contributed by atoms with Crippen LogP contribution in [-0.4, -0.2) is 41.4 Å². The molecule has 3 aliphatic rings. The van der Waals surface area contributed by atoms with Crippen LogP contribution >= 0.6 is 0 Å². The maximum Gasteiger partial charge on any atom is 0.164 e. The molecule has 2 aliphatic heterocycles. The molecular formula is C7H10O4. The number of hydrogen-bond acceptors (Lipinski definition) is 4. The summed E-state index contributed by atoms with van der Waals surface area (Å²) < 4.78 is 10.6. The zero-order chi connectivity index (χ0) is 7.59. The van der Waals surface area contributed by atoms with Crippen LogP contribution in [0.15, 0.2) is 0 Å². The Morgan fingerprint density at radius 3 is 2.55 bits per heavy atom. The maximum absolute atomic E-state index is 9.32. The van der Waals surface area contributed by atoms with Gasteiger partial charge in [-0.2, -0.15) is 0 Å². The molecule has 3 rings (SSSR count). The highest BCUT2D eigenvalue weighted by Crippen LogP contribution is 2.51. The summed E-state index contributed by atoms with van der Waals surface area (Å²) in [4.78, 5) is 0. The van der Waals surface area contributed by atoms with E-state index in [0.29, 0.717) is 6.61 Å². The molecule has 62 valence electrons. The van der Waals surface area contributed by atoms with Gasteiger partial charge in [0.1, 0.15) is 0 Å². The number of rotatable bonds is 0. The second kappa shape index (κ2) is 1.77. The highest BCUT2D eigenvalue weighted by atomic mass is 16.7. The van der Waals surface area contributed by atoms with Crippen molar-refractivity contribution in [3.8, 4) is 0 Å². The van der Waals surface area contributed by atoms with E-state index in [-0.39, 0.29) is 24.2 Å². The molecule has 2 heterocycles. The first kappa shape index (κ1) is 6.37. The fourth-order valence-electron chi connectivity index (χ4n) is 2.42. The van der Waals surface area contributed by atoms with Crippen LogP contribution in [0.5, 0.6) is 0 Å². The zero-order valence-corrected chi connectivity index (χ0v) is 5.88. The molecule has 0 spiro atoms. The Labute approximate surface area is 63.7 Å². The Hall–Kier alpha value is -0.160. The van der Waals surface area contributed by atoms with Crippen molar-refractivity contribution in [1.82, 2.24) is 0 Å². The molecule has 6 atom stereocenters. The van der Waals surface area contributed by atoms with E-state index in [1.807, 2.05) is 0 Å². The minimum atomic E-state index is -0.629. The minimum absolute atomic E-state index is 0.0309. The number of ether oxygens (including phenoxy) is 2. The Balaban J connectivity index is 1.89. The van der Waals surface area contributed by atoms with Gasteiger partial charge in [-0.1, -0.05) is 0 Å². The van der Waals surface area contributed by atoms with E-state index in [0.717, 1.165) is 0 Å². The zero-order valence-electron chi connectivity index (χ0n) is 5.88. The SMILES string of the molecule is OC1C(O)C2C3OCC(O3)C12. The lowest BCUT2D eigenvalue weighted by molar-refractivity contribution is -0.201. The van der Waals surface area contributed by atoms with Gasteiger partial charge in [0, 0.05) is 11.8 Å². The standard InChI is InChI=1S/C7H10O4/c8-5-3-2-1-10-7(11-2)4(3)6(5)9/h2-9H,1H2. The lowest BCUT2D eigenvalue weighted by atomic mass is 9.66. The Bertz CT molecular complexity index is 175.